The van der Waals surface area contributed by atoms with Crippen LogP contribution in [0.25, 0.3) is 17.0 Å². The van der Waals surface area contributed by atoms with Crippen LogP contribution in [0.1, 0.15) is 30.9 Å². The van der Waals surface area contributed by atoms with Crippen LogP contribution in [0, 0.1) is 16.0 Å². The predicted octanol–water partition coefficient (Wildman–Crippen LogP) is 4.89. The monoisotopic (exact) mass is 518 g/mol. The molecule has 5 rings (SSSR count). The second-order valence-electron chi connectivity index (χ2n) is 9.48. The zero-order valence-electron chi connectivity index (χ0n) is 20.3. The summed E-state index contributed by atoms with van der Waals surface area (Å²) in [6.07, 6.45) is 5.46. The van der Waals surface area contributed by atoms with Crippen molar-refractivity contribution in [2.45, 2.75) is 26.3 Å². The minimum atomic E-state index is -0.457. The molecule has 3 heterocycles. The number of nitro groups is 1. The maximum atomic E-state index is 13.1. The van der Waals surface area contributed by atoms with E-state index in [-0.39, 0.29) is 23.0 Å². The summed E-state index contributed by atoms with van der Waals surface area (Å²) >= 11 is 0.846. The first-order chi connectivity index (χ1) is 17.8. The summed E-state index contributed by atoms with van der Waals surface area (Å²) in [4.78, 5) is 52.1. The number of aromatic nitrogens is 1. The molecule has 2 saturated heterocycles. The molecule has 0 spiro atoms. The number of likely N-dealkylation sites (tertiary alicyclic amines) is 1. The predicted molar refractivity (Wildman–Crippen MR) is 142 cm³/mol. The zero-order chi connectivity index (χ0) is 26.1. The topological polar surface area (TPSA) is 106 Å². The minimum Gasteiger partial charge on any atom is -0.342 e. The van der Waals surface area contributed by atoms with Gasteiger partial charge in [0.25, 0.3) is 16.8 Å². The lowest BCUT2D eigenvalue weighted by molar-refractivity contribution is -0.384. The Kier molecular flexibility index (Phi) is 6.84. The van der Waals surface area contributed by atoms with Crippen LogP contribution in [0.5, 0.6) is 0 Å². The molecule has 9 nitrogen and oxygen atoms in total. The van der Waals surface area contributed by atoms with E-state index in [1.54, 1.807) is 23.1 Å². The zero-order valence-corrected chi connectivity index (χ0v) is 21.1. The van der Waals surface area contributed by atoms with Crippen LogP contribution >= 0.6 is 11.8 Å². The number of amides is 3. The second-order valence-corrected chi connectivity index (χ2v) is 10.5. The fraction of sp³-hybridized carbons (Fsp3) is 0.296. The van der Waals surface area contributed by atoms with Crippen molar-refractivity contribution in [3.05, 3.63) is 80.9 Å². The van der Waals surface area contributed by atoms with Gasteiger partial charge < -0.3 is 9.47 Å². The van der Waals surface area contributed by atoms with Gasteiger partial charge in [0.2, 0.25) is 5.91 Å². The molecule has 2 aromatic carbocycles. The van der Waals surface area contributed by atoms with Crippen molar-refractivity contribution in [3.63, 3.8) is 0 Å². The SMILES string of the molecule is CC1CCN(C(=O)CN2C(=O)S/C(=C\c3cn(Cc4ccc([N+](=O)[O-])cc4)c4ccccc34)C2=O)CC1. The third-order valence-electron chi connectivity index (χ3n) is 6.91. The van der Waals surface area contributed by atoms with Gasteiger partial charge in [-0.2, -0.15) is 0 Å². The average molecular weight is 519 g/mol. The van der Waals surface area contributed by atoms with Gasteiger partial charge in [-0.25, -0.2) is 0 Å². The molecular weight excluding hydrogens is 492 g/mol. The number of fused-ring (bicyclic) bond motifs is 1. The highest BCUT2D eigenvalue weighted by atomic mass is 32.2. The van der Waals surface area contributed by atoms with Gasteiger partial charge in [-0.3, -0.25) is 29.4 Å². The number of hydrogen-bond acceptors (Lipinski definition) is 6. The highest BCUT2D eigenvalue weighted by Gasteiger charge is 2.37. The van der Waals surface area contributed by atoms with Crippen LogP contribution < -0.4 is 0 Å². The van der Waals surface area contributed by atoms with Crippen LogP contribution in [0.2, 0.25) is 0 Å². The largest absolute Gasteiger partial charge is 0.342 e. The lowest BCUT2D eigenvalue weighted by Gasteiger charge is -2.31. The van der Waals surface area contributed by atoms with Crippen molar-refractivity contribution in [1.29, 1.82) is 0 Å². The average Bonchev–Trinajstić information content (AvgIpc) is 3.36. The van der Waals surface area contributed by atoms with Crippen molar-refractivity contribution in [2.75, 3.05) is 19.6 Å². The number of imide groups is 1. The number of benzene rings is 2. The van der Waals surface area contributed by atoms with Gasteiger partial charge >= 0.3 is 0 Å². The van der Waals surface area contributed by atoms with Gasteiger partial charge in [0.1, 0.15) is 6.54 Å². The molecule has 190 valence electrons. The van der Waals surface area contributed by atoms with Crippen molar-refractivity contribution in [3.8, 4) is 0 Å². The first-order valence-electron chi connectivity index (χ1n) is 12.1. The van der Waals surface area contributed by atoms with E-state index in [4.69, 9.17) is 0 Å². The van der Waals surface area contributed by atoms with E-state index in [2.05, 4.69) is 6.92 Å². The van der Waals surface area contributed by atoms with Gasteiger partial charge in [0.05, 0.1) is 9.83 Å². The Hall–Kier alpha value is -3.92. The Morgan fingerprint density at radius 2 is 1.81 bits per heavy atom. The number of non-ortho nitro benzene ring substituents is 1. The number of thioether (sulfide) groups is 1. The van der Waals surface area contributed by atoms with Crippen molar-refractivity contribution in [1.82, 2.24) is 14.4 Å². The van der Waals surface area contributed by atoms with Crippen molar-refractivity contribution in [2.24, 2.45) is 5.92 Å². The molecule has 1 aromatic heterocycles. The van der Waals surface area contributed by atoms with E-state index >= 15 is 0 Å². The van der Waals surface area contributed by atoms with Gasteiger partial charge in [-0.1, -0.05) is 37.3 Å². The number of hydrogen-bond donors (Lipinski definition) is 0. The molecule has 3 aromatic rings. The van der Waals surface area contributed by atoms with E-state index in [9.17, 15) is 24.5 Å². The van der Waals surface area contributed by atoms with Crippen LogP contribution in [0.3, 0.4) is 0 Å². The maximum absolute atomic E-state index is 13.1. The summed E-state index contributed by atoms with van der Waals surface area (Å²) in [5.74, 6) is -0.0807. The molecule has 10 heteroatoms. The highest BCUT2D eigenvalue weighted by Crippen LogP contribution is 2.34. The fourth-order valence-electron chi connectivity index (χ4n) is 4.71. The number of para-hydroxylation sites is 1. The highest BCUT2D eigenvalue weighted by molar-refractivity contribution is 8.18. The van der Waals surface area contributed by atoms with E-state index in [0.717, 1.165) is 51.5 Å². The smallest absolute Gasteiger partial charge is 0.294 e. The van der Waals surface area contributed by atoms with Crippen molar-refractivity contribution < 1.29 is 19.3 Å². The Morgan fingerprint density at radius 3 is 2.51 bits per heavy atom. The van der Waals surface area contributed by atoms with Crippen molar-refractivity contribution >= 4 is 51.5 Å². The molecule has 2 aliphatic heterocycles. The van der Waals surface area contributed by atoms with Gasteiger partial charge in [-0.15, -0.1) is 0 Å². The number of carbonyl (C=O) groups excluding carboxylic acids is 3. The Morgan fingerprint density at radius 1 is 1.11 bits per heavy atom. The van der Waals surface area contributed by atoms with E-state index < -0.39 is 16.1 Å². The van der Waals surface area contributed by atoms with E-state index in [0.29, 0.717) is 25.6 Å². The molecule has 3 amide bonds. The molecule has 0 aliphatic carbocycles. The molecular formula is C27H26N4O5S. The first-order valence-corrected chi connectivity index (χ1v) is 13.0. The Labute approximate surface area is 217 Å². The fourth-order valence-corrected chi connectivity index (χ4v) is 5.54. The summed E-state index contributed by atoms with van der Waals surface area (Å²) < 4.78 is 2.01. The number of nitrogens with zero attached hydrogens (tertiary/aromatic N) is 4. The summed E-state index contributed by atoms with van der Waals surface area (Å²) in [6, 6.07) is 14.1. The van der Waals surface area contributed by atoms with Crippen LogP contribution in [0.15, 0.2) is 59.6 Å². The quantitative estimate of drug-likeness (QED) is 0.261. The molecule has 0 saturated carbocycles. The van der Waals surface area contributed by atoms with Gasteiger partial charge in [0, 0.05) is 54.4 Å². The normalized spacial score (nSPS) is 17.8. The van der Waals surface area contributed by atoms with Crippen LogP contribution in [0.4, 0.5) is 10.5 Å². The molecule has 0 N–H and O–H groups in total. The maximum Gasteiger partial charge on any atom is 0.294 e. The molecule has 0 unspecified atom stereocenters. The third-order valence-corrected chi connectivity index (χ3v) is 7.82. The minimum absolute atomic E-state index is 0.0332. The lowest BCUT2D eigenvalue weighted by atomic mass is 9.99. The molecule has 37 heavy (non-hydrogen) atoms. The second kappa shape index (κ2) is 10.2. The molecule has 2 fully saturated rings. The Bertz CT molecular complexity index is 1420. The third kappa shape index (κ3) is 5.15. The molecule has 0 atom stereocenters. The molecule has 2 aliphatic rings. The molecule has 0 bridgehead atoms. The van der Waals surface area contributed by atoms with Crippen LogP contribution in [-0.2, 0) is 16.1 Å². The number of carbonyl (C=O) groups is 3. The van der Waals surface area contributed by atoms with E-state index in [1.165, 1.54) is 12.1 Å². The van der Waals surface area contributed by atoms with Crippen LogP contribution in [-0.4, -0.2) is 56.0 Å². The van der Waals surface area contributed by atoms with Gasteiger partial charge in [0.15, 0.2) is 0 Å². The summed E-state index contributed by atoms with van der Waals surface area (Å²) in [5, 5.41) is 11.4. The molecule has 0 radical (unpaired) electrons. The summed E-state index contributed by atoms with van der Waals surface area (Å²) in [5.41, 5.74) is 2.63. The Balaban J connectivity index is 1.36. The summed E-state index contributed by atoms with van der Waals surface area (Å²) in [6.45, 7) is 3.71. The van der Waals surface area contributed by atoms with E-state index in [1.807, 2.05) is 35.0 Å². The standard InChI is InChI=1S/C27H26N4O5S/c1-18-10-12-28(13-11-18)25(32)17-30-26(33)24(37-27(30)34)14-20-16-29(23-5-3-2-4-22(20)23)15-19-6-8-21(9-7-19)31(35)36/h2-9,14,16,18H,10-13,15,17H2,1H3/b24-14-. The number of rotatable bonds is 6. The number of nitro benzene ring substituents is 1. The summed E-state index contributed by atoms with van der Waals surface area (Å²) in [7, 11) is 0. The number of piperidine rings is 1. The lowest BCUT2D eigenvalue weighted by Crippen LogP contribution is -2.45. The first kappa shape index (κ1) is 24.8. The van der Waals surface area contributed by atoms with Gasteiger partial charge in [-0.05, 0) is 48.2 Å².